The molecular weight excluding hydrogens is 298 g/mol. The lowest BCUT2D eigenvalue weighted by molar-refractivity contribution is 0.432. The van der Waals surface area contributed by atoms with Gasteiger partial charge in [-0.2, -0.15) is 4.98 Å². The molecule has 0 atom stereocenters. The van der Waals surface area contributed by atoms with Crippen LogP contribution >= 0.6 is 15.9 Å². The van der Waals surface area contributed by atoms with Gasteiger partial charge in [0.1, 0.15) is 0 Å². The van der Waals surface area contributed by atoms with Crippen molar-refractivity contribution in [1.29, 1.82) is 0 Å². The molecule has 0 aliphatic carbocycles. The Labute approximate surface area is 110 Å². The summed E-state index contributed by atoms with van der Waals surface area (Å²) in [6.07, 6.45) is 3.33. The Hall–Kier alpha value is -2.15. The van der Waals surface area contributed by atoms with E-state index in [1.165, 1.54) is 0 Å². The molecule has 3 rings (SSSR count). The first kappa shape index (κ1) is 11.0. The van der Waals surface area contributed by atoms with Crippen molar-refractivity contribution in [2.45, 2.75) is 0 Å². The van der Waals surface area contributed by atoms with Gasteiger partial charge in [-0.25, -0.2) is 4.98 Å². The molecule has 18 heavy (non-hydrogen) atoms. The lowest BCUT2D eigenvalue weighted by Gasteiger charge is -1.98. The number of aromatic nitrogens is 4. The number of hydrogen-bond acceptors (Lipinski definition) is 5. The van der Waals surface area contributed by atoms with Gasteiger partial charge in [-0.1, -0.05) is 5.16 Å². The number of halogens is 1. The summed E-state index contributed by atoms with van der Waals surface area (Å²) in [4.78, 5) is 11.2. The molecule has 2 heterocycles. The highest BCUT2D eigenvalue weighted by Gasteiger charge is 2.12. The van der Waals surface area contributed by atoms with Crippen LogP contribution in [0.2, 0.25) is 0 Å². The topological polar surface area (TPSA) is 93.6 Å². The van der Waals surface area contributed by atoms with Crippen molar-refractivity contribution in [3.05, 3.63) is 35.1 Å². The number of imidazole rings is 1. The minimum Gasteiger partial charge on any atom is -0.398 e. The first-order valence-corrected chi connectivity index (χ1v) is 5.92. The Kier molecular flexibility index (Phi) is 2.60. The van der Waals surface area contributed by atoms with Crippen molar-refractivity contribution >= 4 is 21.6 Å². The average Bonchev–Trinajstić information content (AvgIpc) is 3.01. The molecule has 90 valence electrons. The fraction of sp³-hybridized carbons (Fsp3) is 0. The zero-order valence-corrected chi connectivity index (χ0v) is 10.7. The van der Waals surface area contributed by atoms with Crippen molar-refractivity contribution in [1.82, 2.24) is 20.1 Å². The number of nitrogens with two attached hydrogens (primary N) is 1. The summed E-state index contributed by atoms with van der Waals surface area (Å²) >= 11 is 3.36. The molecule has 3 aromatic rings. The predicted molar refractivity (Wildman–Crippen MR) is 69.4 cm³/mol. The molecule has 3 N–H and O–H groups in total. The van der Waals surface area contributed by atoms with Crippen LogP contribution in [0, 0.1) is 0 Å². The molecule has 0 aliphatic heterocycles. The third-order valence-corrected chi connectivity index (χ3v) is 3.07. The molecule has 0 aliphatic rings. The van der Waals surface area contributed by atoms with Crippen LogP contribution in [0.1, 0.15) is 0 Å². The predicted octanol–water partition coefficient (Wildman–Crippen LogP) is 2.47. The molecule has 0 saturated heterocycles. The summed E-state index contributed by atoms with van der Waals surface area (Å²) in [6.45, 7) is 0. The van der Waals surface area contributed by atoms with Crippen LogP contribution in [-0.4, -0.2) is 20.1 Å². The van der Waals surface area contributed by atoms with Gasteiger partial charge in [0, 0.05) is 28.1 Å². The number of rotatable bonds is 2. The zero-order valence-electron chi connectivity index (χ0n) is 9.09. The number of H-pyrrole nitrogens is 1. The third kappa shape index (κ3) is 1.88. The van der Waals surface area contributed by atoms with Crippen molar-refractivity contribution < 1.29 is 4.52 Å². The summed E-state index contributed by atoms with van der Waals surface area (Å²) in [6, 6.07) is 5.42. The molecule has 0 radical (unpaired) electrons. The van der Waals surface area contributed by atoms with Crippen LogP contribution in [0.4, 0.5) is 5.69 Å². The summed E-state index contributed by atoms with van der Waals surface area (Å²) < 4.78 is 5.98. The van der Waals surface area contributed by atoms with Crippen molar-refractivity contribution in [3.8, 4) is 23.1 Å². The van der Waals surface area contributed by atoms with E-state index < -0.39 is 0 Å². The largest absolute Gasteiger partial charge is 0.398 e. The van der Waals surface area contributed by atoms with E-state index in [9.17, 15) is 0 Å². The second-order valence-corrected chi connectivity index (χ2v) is 4.45. The smallest absolute Gasteiger partial charge is 0.258 e. The summed E-state index contributed by atoms with van der Waals surface area (Å²) in [5.41, 5.74) is 7.17. The molecule has 0 spiro atoms. The Morgan fingerprint density at radius 1 is 1.33 bits per heavy atom. The normalized spacial score (nSPS) is 10.7. The van der Waals surface area contributed by atoms with Crippen molar-refractivity contribution in [2.24, 2.45) is 0 Å². The van der Waals surface area contributed by atoms with E-state index in [4.69, 9.17) is 10.3 Å². The molecule has 6 nitrogen and oxygen atoms in total. The number of nitrogens with one attached hydrogen (secondary N) is 1. The number of anilines is 1. The minimum absolute atomic E-state index is 0.419. The second kappa shape index (κ2) is 4.26. The SMILES string of the molecule is Nc1ccc(-c2nc(-c3ncc[nH]3)no2)cc1Br. The molecule has 0 fully saturated rings. The molecule has 1 aromatic carbocycles. The van der Waals surface area contributed by atoms with E-state index in [0.717, 1.165) is 10.0 Å². The number of aromatic amines is 1. The minimum atomic E-state index is 0.419. The van der Waals surface area contributed by atoms with Gasteiger partial charge in [-0.15, -0.1) is 0 Å². The van der Waals surface area contributed by atoms with Crippen molar-refractivity contribution in [3.63, 3.8) is 0 Å². The Morgan fingerprint density at radius 2 is 2.22 bits per heavy atom. The maximum atomic E-state index is 5.72. The van der Waals surface area contributed by atoms with Gasteiger partial charge in [-0.3, -0.25) is 0 Å². The molecule has 0 unspecified atom stereocenters. The van der Waals surface area contributed by atoms with E-state index in [-0.39, 0.29) is 0 Å². The van der Waals surface area contributed by atoms with E-state index in [0.29, 0.717) is 23.2 Å². The van der Waals surface area contributed by atoms with Gasteiger partial charge in [0.05, 0.1) is 0 Å². The van der Waals surface area contributed by atoms with Crippen LogP contribution in [0.3, 0.4) is 0 Å². The van der Waals surface area contributed by atoms with Gasteiger partial charge < -0.3 is 15.2 Å². The number of nitrogen functional groups attached to an aromatic ring is 1. The number of hydrogen-bond donors (Lipinski definition) is 2. The number of benzene rings is 1. The van der Waals surface area contributed by atoms with E-state index in [1.807, 2.05) is 12.1 Å². The van der Waals surface area contributed by atoms with Crippen LogP contribution < -0.4 is 5.73 Å². The van der Waals surface area contributed by atoms with Crippen LogP contribution in [0.15, 0.2) is 39.6 Å². The van der Waals surface area contributed by atoms with Gasteiger partial charge >= 0.3 is 0 Å². The highest BCUT2D eigenvalue weighted by atomic mass is 79.9. The molecule has 2 aromatic heterocycles. The van der Waals surface area contributed by atoms with Crippen molar-refractivity contribution in [2.75, 3.05) is 5.73 Å². The Bertz CT molecular complexity index is 677. The monoisotopic (exact) mass is 305 g/mol. The average molecular weight is 306 g/mol. The van der Waals surface area contributed by atoms with E-state index in [1.54, 1.807) is 18.5 Å². The molecule has 0 amide bonds. The first-order valence-electron chi connectivity index (χ1n) is 5.13. The molecule has 7 heteroatoms. The third-order valence-electron chi connectivity index (χ3n) is 2.38. The second-order valence-electron chi connectivity index (χ2n) is 3.60. The van der Waals surface area contributed by atoms with E-state index in [2.05, 4.69) is 36.0 Å². The quantitative estimate of drug-likeness (QED) is 0.709. The fourth-order valence-electron chi connectivity index (χ4n) is 1.48. The lowest BCUT2D eigenvalue weighted by Crippen LogP contribution is -1.87. The first-order chi connectivity index (χ1) is 8.74. The summed E-state index contributed by atoms with van der Waals surface area (Å²) in [7, 11) is 0. The van der Waals surface area contributed by atoms with Crippen LogP contribution in [-0.2, 0) is 0 Å². The molecular formula is C11H8BrN5O. The van der Waals surface area contributed by atoms with Crippen LogP contribution in [0.25, 0.3) is 23.1 Å². The fourth-order valence-corrected chi connectivity index (χ4v) is 1.86. The summed E-state index contributed by atoms with van der Waals surface area (Å²) in [5.74, 6) is 1.41. The molecule has 0 bridgehead atoms. The molecule has 0 saturated carbocycles. The Morgan fingerprint density at radius 3 is 2.94 bits per heavy atom. The maximum Gasteiger partial charge on any atom is 0.258 e. The number of nitrogens with zero attached hydrogens (tertiary/aromatic N) is 3. The zero-order chi connectivity index (χ0) is 12.5. The van der Waals surface area contributed by atoms with Crippen LogP contribution in [0.5, 0.6) is 0 Å². The highest BCUT2D eigenvalue weighted by molar-refractivity contribution is 9.10. The Balaban J connectivity index is 2.00. The lowest BCUT2D eigenvalue weighted by atomic mass is 10.2. The highest BCUT2D eigenvalue weighted by Crippen LogP contribution is 2.27. The van der Waals surface area contributed by atoms with Gasteiger partial charge in [0.15, 0.2) is 5.82 Å². The van der Waals surface area contributed by atoms with E-state index >= 15 is 0 Å². The van der Waals surface area contributed by atoms with Gasteiger partial charge in [0.2, 0.25) is 5.82 Å². The summed E-state index contributed by atoms with van der Waals surface area (Å²) in [5, 5.41) is 3.86. The maximum absolute atomic E-state index is 5.72. The van der Waals surface area contributed by atoms with Gasteiger partial charge in [0.25, 0.3) is 5.89 Å². The van der Waals surface area contributed by atoms with Gasteiger partial charge in [-0.05, 0) is 34.1 Å². The standard InChI is InChI=1S/C11H8BrN5O/c12-7-5-6(1-2-8(7)13)11-16-10(17-18-11)9-14-3-4-15-9/h1-5H,13H2,(H,14,15).